The van der Waals surface area contributed by atoms with Gasteiger partial charge in [-0.05, 0) is 19.1 Å². The molecule has 1 aromatic rings. The Morgan fingerprint density at radius 2 is 2.17 bits per heavy atom. The van der Waals surface area contributed by atoms with Crippen LogP contribution >= 0.6 is 12.2 Å². The Kier molecular flexibility index (Phi) is 5.03. The van der Waals surface area contributed by atoms with Crippen LogP contribution in [0.2, 0.25) is 0 Å². The molecule has 18 heavy (non-hydrogen) atoms. The van der Waals surface area contributed by atoms with Gasteiger partial charge in [0.15, 0.2) is 0 Å². The molecule has 1 amide bonds. The van der Waals surface area contributed by atoms with Crippen LogP contribution in [0.15, 0.2) is 18.3 Å². The number of hydrogen-bond donors (Lipinski definition) is 1. The SMILES string of the molecule is CCN(CC(=O)N(C)C)c1cccnc1C(N)=S. The molecule has 0 aliphatic carbocycles. The summed E-state index contributed by atoms with van der Waals surface area (Å²) < 4.78 is 0. The maximum absolute atomic E-state index is 11.8. The van der Waals surface area contributed by atoms with Gasteiger partial charge in [-0.2, -0.15) is 0 Å². The molecule has 98 valence electrons. The quantitative estimate of drug-likeness (QED) is 0.792. The Morgan fingerprint density at radius 1 is 1.50 bits per heavy atom. The van der Waals surface area contributed by atoms with E-state index >= 15 is 0 Å². The summed E-state index contributed by atoms with van der Waals surface area (Å²) in [6, 6.07) is 3.67. The highest BCUT2D eigenvalue weighted by Gasteiger charge is 2.16. The van der Waals surface area contributed by atoms with Crippen LogP contribution in [0, 0.1) is 0 Å². The van der Waals surface area contributed by atoms with Crippen LogP contribution in [0.4, 0.5) is 5.69 Å². The number of amides is 1. The lowest BCUT2D eigenvalue weighted by Gasteiger charge is -2.25. The summed E-state index contributed by atoms with van der Waals surface area (Å²) in [7, 11) is 3.46. The average Bonchev–Trinajstić information content (AvgIpc) is 2.35. The molecule has 0 saturated carbocycles. The first-order valence-corrected chi connectivity index (χ1v) is 6.08. The Labute approximate surface area is 113 Å². The lowest BCUT2D eigenvalue weighted by Crippen LogP contribution is -2.37. The second kappa shape index (κ2) is 6.30. The van der Waals surface area contributed by atoms with E-state index in [0.29, 0.717) is 12.2 Å². The second-order valence-corrected chi connectivity index (χ2v) is 4.48. The molecule has 0 aliphatic heterocycles. The molecular weight excluding hydrogens is 248 g/mol. The molecule has 1 aromatic heterocycles. The topological polar surface area (TPSA) is 62.5 Å². The summed E-state index contributed by atoms with van der Waals surface area (Å²) in [5, 5.41) is 0. The highest BCUT2D eigenvalue weighted by molar-refractivity contribution is 7.80. The molecule has 1 heterocycles. The number of thiocarbonyl (C=S) groups is 1. The normalized spacial score (nSPS) is 9.94. The fourth-order valence-electron chi connectivity index (χ4n) is 1.51. The first-order valence-electron chi connectivity index (χ1n) is 5.67. The Bertz CT molecular complexity index is 447. The number of nitrogens with two attached hydrogens (primary N) is 1. The summed E-state index contributed by atoms with van der Waals surface area (Å²) in [5.41, 5.74) is 7.00. The molecule has 0 bridgehead atoms. The third-order valence-electron chi connectivity index (χ3n) is 2.57. The van der Waals surface area contributed by atoms with Crippen LogP contribution in [-0.4, -0.2) is 48.0 Å². The van der Waals surface area contributed by atoms with Gasteiger partial charge in [0, 0.05) is 26.8 Å². The molecule has 0 unspecified atom stereocenters. The number of rotatable bonds is 5. The van der Waals surface area contributed by atoms with E-state index in [0.717, 1.165) is 5.69 Å². The molecule has 0 spiro atoms. The molecule has 2 N–H and O–H groups in total. The van der Waals surface area contributed by atoms with E-state index in [2.05, 4.69) is 4.98 Å². The predicted octanol–water partition coefficient (Wildman–Crippen LogP) is 0.630. The summed E-state index contributed by atoms with van der Waals surface area (Å²) in [4.78, 5) is 19.6. The zero-order valence-corrected chi connectivity index (χ0v) is 11.7. The third kappa shape index (κ3) is 3.40. The predicted molar refractivity (Wildman–Crippen MR) is 76.7 cm³/mol. The number of carbonyl (C=O) groups excluding carboxylic acids is 1. The van der Waals surface area contributed by atoms with Gasteiger partial charge in [-0.3, -0.25) is 9.78 Å². The Balaban J connectivity index is 3.02. The van der Waals surface area contributed by atoms with Crippen LogP contribution in [0.3, 0.4) is 0 Å². The van der Waals surface area contributed by atoms with Crippen molar-refractivity contribution in [2.75, 3.05) is 32.1 Å². The summed E-state index contributed by atoms with van der Waals surface area (Å²) in [6.45, 7) is 2.94. The van der Waals surface area contributed by atoms with Gasteiger partial charge in [0.1, 0.15) is 10.7 Å². The van der Waals surface area contributed by atoms with Crippen LogP contribution in [0.5, 0.6) is 0 Å². The lowest BCUT2D eigenvalue weighted by atomic mass is 10.2. The zero-order chi connectivity index (χ0) is 13.7. The van der Waals surface area contributed by atoms with Gasteiger partial charge in [0.2, 0.25) is 5.91 Å². The second-order valence-electron chi connectivity index (χ2n) is 4.04. The number of nitrogens with zero attached hydrogens (tertiary/aromatic N) is 3. The third-order valence-corrected chi connectivity index (χ3v) is 2.76. The van der Waals surface area contributed by atoms with E-state index in [1.54, 1.807) is 31.3 Å². The van der Waals surface area contributed by atoms with E-state index in [-0.39, 0.29) is 17.4 Å². The highest BCUT2D eigenvalue weighted by Crippen LogP contribution is 2.17. The van der Waals surface area contributed by atoms with E-state index in [1.165, 1.54) is 0 Å². The average molecular weight is 266 g/mol. The lowest BCUT2D eigenvalue weighted by molar-refractivity contribution is -0.127. The summed E-state index contributed by atoms with van der Waals surface area (Å²) in [5.74, 6) is 0.0228. The van der Waals surface area contributed by atoms with Crippen LogP contribution in [0.1, 0.15) is 12.6 Å². The van der Waals surface area contributed by atoms with Crippen molar-refractivity contribution in [1.29, 1.82) is 0 Å². The van der Waals surface area contributed by atoms with Gasteiger partial charge in [-0.25, -0.2) is 0 Å². The molecule has 1 rings (SSSR count). The minimum absolute atomic E-state index is 0.0228. The van der Waals surface area contributed by atoms with Gasteiger partial charge < -0.3 is 15.5 Å². The fraction of sp³-hybridized carbons (Fsp3) is 0.417. The summed E-state index contributed by atoms with van der Waals surface area (Å²) in [6.07, 6.45) is 1.64. The molecule has 0 radical (unpaired) electrons. The van der Waals surface area contributed by atoms with Crippen molar-refractivity contribution in [1.82, 2.24) is 9.88 Å². The van der Waals surface area contributed by atoms with E-state index < -0.39 is 0 Å². The van der Waals surface area contributed by atoms with Crippen LogP contribution in [0.25, 0.3) is 0 Å². The van der Waals surface area contributed by atoms with Crippen molar-refractivity contribution in [3.05, 3.63) is 24.0 Å². The van der Waals surface area contributed by atoms with Crippen molar-refractivity contribution in [2.24, 2.45) is 5.73 Å². The molecule has 0 saturated heterocycles. The standard InChI is InChI=1S/C12H18N4OS/c1-4-16(8-10(17)15(2)3)9-6-5-7-14-11(9)12(13)18/h5-7H,4,8H2,1-3H3,(H2,13,18). The van der Waals surface area contributed by atoms with E-state index in [9.17, 15) is 4.79 Å². The molecule has 0 aliphatic rings. The zero-order valence-electron chi connectivity index (χ0n) is 10.9. The molecule has 6 heteroatoms. The smallest absolute Gasteiger partial charge is 0.241 e. The number of anilines is 1. The van der Waals surface area contributed by atoms with E-state index in [4.69, 9.17) is 18.0 Å². The van der Waals surface area contributed by atoms with Crippen molar-refractivity contribution >= 4 is 28.8 Å². The minimum Gasteiger partial charge on any atom is -0.388 e. The van der Waals surface area contributed by atoms with Crippen molar-refractivity contribution in [3.8, 4) is 0 Å². The van der Waals surface area contributed by atoms with Gasteiger partial charge in [0.05, 0.1) is 12.2 Å². The minimum atomic E-state index is 0.0228. The van der Waals surface area contributed by atoms with Crippen LogP contribution in [-0.2, 0) is 4.79 Å². The van der Waals surface area contributed by atoms with Gasteiger partial charge in [0.25, 0.3) is 0 Å². The van der Waals surface area contributed by atoms with Gasteiger partial charge in [-0.15, -0.1) is 0 Å². The first kappa shape index (κ1) is 14.4. The van der Waals surface area contributed by atoms with Gasteiger partial charge >= 0.3 is 0 Å². The molecule has 5 nitrogen and oxygen atoms in total. The monoisotopic (exact) mass is 266 g/mol. The maximum atomic E-state index is 11.8. The van der Waals surface area contributed by atoms with Gasteiger partial charge in [-0.1, -0.05) is 12.2 Å². The number of aromatic nitrogens is 1. The number of pyridine rings is 1. The Morgan fingerprint density at radius 3 is 2.67 bits per heavy atom. The maximum Gasteiger partial charge on any atom is 0.241 e. The Hall–Kier alpha value is -1.69. The largest absolute Gasteiger partial charge is 0.388 e. The number of carbonyl (C=O) groups is 1. The fourth-order valence-corrected chi connectivity index (χ4v) is 1.67. The molecule has 0 aromatic carbocycles. The van der Waals surface area contributed by atoms with Crippen molar-refractivity contribution < 1.29 is 4.79 Å². The summed E-state index contributed by atoms with van der Waals surface area (Å²) >= 11 is 4.98. The highest BCUT2D eigenvalue weighted by atomic mass is 32.1. The van der Waals surface area contributed by atoms with E-state index in [1.807, 2.05) is 17.9 Å². The molecule has 0 atom stereocenters. The molecule has 0 fully saturated rings. The van der Waals surface area contributed by atoms with Crippen molar-refractivity contribution in [2.45, 2.75) is 6.92 Å². The molecular formula is C12H18N4OS. The van der Waals surface area contributed by atoms with Crippen LogP contribution < -0.4 is 10.6 Å². The number of hydrogen-bond acceptors (Lipinski definition) is 4. The van der Waals surface area contributed by atoms with Crippen molar-refractivity contribution in [3.63, 3.8) is 0 Å². The number of likely N-dealkylation sites (N-methyl/N-ethyl adjacent to an activating group) is 2. The first-order chi connectivity index (χ1) is 8.47.